The Balaban J connectivity index is 1.52. The van der Waals surface area contributed by atoms with Crippen LogP contribution in [0.1, 0.15) is 25.0 Å². The van der Waals surface area contributed by atoms with E-state index in [1.54, 1.807) is 6.26 Å². The van der Waals surface area contributed by atoms with Gasteiger partial charge in [-0.1, -0.05) is 0 Å². The Morgan fingerprint density at radius 3 is 2.72 bits per heavy atom. The van der Waals surface area contributed by atoms with Crippen LogP contribution in [-0.2, 0) is 15.9 Å². The van der Waals surface area contributed by atoms with Crippen molar-refractivity contribution in [1.82, 2.24) is 10.2 Å². The first-order chi connectivity index (χ1) is 12.3. The van der Waals surface area contributed by atoms with Gasteiger partial charge in [-0.3, -0.25) is 4.99 Å². The van der Waals surface area contributed by atoms with E-state index in [1.807, 2.05) is 12.1 Å². The summed E-state index contributed by atoms with van der Waals surface area (Å²) in [6.45, 7) is 6.17. The molecule has 2 aliphatic heterocycles. The molecule has 1 unspecified atom stereocenters. The summed E-state index contributed by atoms with van der Waals surface area (Å²) in [6.07, 6.45) is 5.99. The Morgan fingerprint density at radius 2 is 2.00 bits per heavy atom. The summed E-state index contributed by atoms with van der Waals surface area (Å²) in [5.41, 5.74) is 0. The van der Waals surface area contributed by atoms with Crippen molar-refractivity contribution in [1.29, 1.82) is 0 Å². The summed E-state index contributed by atoms with van der Waals surface area (Å²) in [7, 11) is 2.14. The first kappa shape index (κ1) is 18.3. The van der Waals surface area contributed by atoms with E-state index in [9.17, 15) is 0 Å². The van der Waals surface area contributed by atoms with Crippen molar-refractivity contribution in [2.45, 2.75) is 25.7 Å². The molecule has 3 rings (SSSR count). The quantitative estimate of drug-likeness (QED) is 0.604. The zero-order valence-electron chi connectivity index (χ0n) is 15.3. The van der Waals surface area contributed by atoms with Gasteiger partial charge in [0.15, 0.2) is 5.96 Å². The third-order valence-electron chi connectivity index (χ3n) is 4.99. The van der Waals surface area contributed by atoms with Crippen molar-refractivity contribution in [2.24, 2.45) is 16.8 Å². The molecular formula is C19H31N3O3. The van der Waals surface area contributed by atoms with Gasteiger partial charge in [-0.2, -0.15) is 0 Å². The van der Waals surface area contributed by atoms with Gasteiger partial charge in [0.1, 0.15) is 5.76 Å². The van der Waals surface area contributed by atoms with E-state index in [0.717, 1.165) is 83.5 Å². The van der Waals surface area contributed by atoms with Gasteiger partial charge in [0.25, 0.3) is 0 Å². The second kappa shape index (κ2) is 9.82. The lowest BCUT2D eigenvalue weighted by Crippen LogP contribution is -2.43. The van der Waals surface area contributed by atoms with E-state index in [4.69, 9.17) is 18.9 Å². The predicted molar refractivity (Wildman–Crippen MR) is 97.8 cm³/mol. The zero-order chi connectivity index (χ0) is 17.3. The minimum absolute atomic E-state index is 0.554. The molecule has 0 spiro atoms. The first-order valence-corrected chi connectivity index (χ1v) is 9.48. The summed E-state index contributed by atoms with van der Waals surface area (Å²) in [5, 5.41) is 3.52. The molecule has 0 bridgehead atoms. The minimum Gasteiger partial charge on any atom is -0.469 e. The van der Waals surface area contributed by atoms with Crippen molar-refractivity contribution in [3.63, 3.8) is 0 Å². The van der Waals surface area contributed by atoms with Gasteiger partial charge >= 0.3 is 0 Å². The van der Waals surface area contributed by atoms with Crippen LogP contribution in [0, 0.1) is 11.8 Å². The highest BCUT2D eigenvalue weighted by molar-refractivity contribution is 5.79. The molecule has 1 aromatic heterocycles. The Labute approximate surface area is 150 Å². The average Bonchev–Trinajstić information content (AvgIpc) is 3.32. The van der Waals surface area contributed by atoms with Crippen LogP contribution in [0.25, 0.3) is 0 Å². The number of guanidine groups is 1. The van der Waals surface area contributed by atoms with Gasteiger partial charge in [-0.05, 0) is 37.3 Å². The third kappa shape index (κ3) is 6.04. The Bertz CT molecular complexity index is 506. The molecule has 2 aliphatic rings. The van der Waals surface area contributed by atoms with Gasteiger partial charge in [-0.25, -0.2) is 0 Å². The van der Waals surface area contributed by atoms with Gasteiger partial charge < -0.3 is 24.1 Å². The van der Waals surface area contributed by atoms with Crippen LogP contribution in [0.2, 0.25) is 0 Å². The summed E-state index contributed by atoms with van der Waals surface area (Å²) < 4.78 is 16.4. The minimum atomic E-state index is 0.554. The van der Waals surface area contributed by atoms with Gasteiger partial charge in [0.05, 0.1) is 12.9 Å². The molecule has 0 saturated carbocycles. The van der Waals surface area contributed by atoms with Gasteiger partial charge in [0, 0.05) is 58.8 Å². The molecule has 25 heavy (non-hydrogen) atoms. The molecule has 1 aromatic rings. The Kier molecular flexibility index (Phi) is 7.18. The van der Waals surface area contributed by atoms with E-state index in [-0.39, 0.29) is 0 Å². The number of nitrogens with one attached hydrogen (secondary N) is 1. The molecule has 2 saturated heterocycles. The van der Waals surface area contributed by atoms with Crippen LogP contribution < -0.4 is 5.32 Å². The average molecular weight is 349 g/mol. The van der Waals surface area contributed by atoms with Crippen LogP contribution in [0.3, 0.4) is 0 Å². The van der Waals surface area contributed by atoms with E-state index in [0.29, 0.717) is 11.8 Å². The van der Waals surface area contributed by atoms with Crippen molar-refractivity contribution in [2.75, 3.05) is 53.1 Å². The molecule has 6 nitrogen and oxygen atoms in total. The first-order valence-electron chi connectivity index (χ1n) is 9.48. The van der Waals surface area contributed by atoms with Crippen LogP contribution in [-0.4, -0.2) is 64.0 Å². The molecule has 1 N–H and O–H groups in total. The summed E-state index contributed by atoms with van der Waals surface area (Å²) in [5.74, 6) is 3.23. The number of furan rings is 1. The molecule has 0 aromatic carbocycles. The maximum absolute atomic E-state index is 5.47. The molecule has 0 amide bonds. The van der Waals surface area contributed by atoms with Crippen molar-refractivity contribution < 1.29 is 13.9 Å². The summed E-state index contributed by atoms with van der Waals surface area (Å²) in [6, 6.07) is 3.95. The summed E-state index contributed by atoms with van der Waals surface area (Å²) in [4.78, 5) is 7.15. The number of rotatable bonds is 7. The molecule has 3 heterocycles. The van der Waals surface area contributed by atoms with Crippen molar-refractivity contribution in [3.8, 4) is 0 Å². The SMILES string of the molecule is CN(CC1CCOCC1)C(=NCC1CCOC1)NCCc1ccco1. The molecule has 2 fully saturated rings. The predicted octanol–water partition coefficient (Wildman–Crippen LogP) is 2.16. The smallest absolute Gasteiger partial charge is 0.193 e. The fourth-order valence-corrected chi connectivity index (χ4v) is 3.41. The normalized spacial score (nSPS) is 22.3. The fourth-order valence-electron chi connectivity index (χ4n) is 3.41. The molecular weight excluding hydrogens is 318 g/mol. The molecule has 1 atom stereocenters. The highest BCUT2D eigenvalue weighted by atomic mass is 16.5. The highest BCUT2D eigenvalue weighted by Crippen LogP contribution is 2.16. The van der Waals surface area contributed by atoms with E-state index < -0.39 is 0 Å². The van der Waals surface area contributed by atoms with E-state index in [1.165, 1.54) is 0 Å². The maximum Gasteiger partial charge on any atom is 0.193 e. The standard InChI is InChI=1S/C19H31N3O3/c1-22(14-16-5-10-23-11-6-16)19(21-13-17-7-12-24-15-17)20-8-4-18-3-2-9-25-18/h2-3,9,16-17H,4-8,10-15H2,1H3,(H,20,21). The number of hydrogen-bond acceptors (Lipinski definition) is 4. The third-order valence-corrected chi connectivity index (χ3v) is 4.99. The lowest BCUT2D eigenvalue weighted by Gasteiger charge is -2.29. The van der Waals surface area contributed by atoms with Crippen LogP contribution in [0.15, 0.2) is 27.8 Å². The number of hydrogen-bond donors (Lipinski definition) is 1. The monoisotopic (exact) mass is 349 g/mol. The second-order valence-electron chi connectivity index (χ2n) is 7.09. The molecule has 6 heteroatoms. The van der Waals surface area contributed by atoms with Gasteiger partial charge in [-0.15, -0.1) is 0 Å². The Morgan fingerprint density at radius 1 is 1.20 bits per heavy atom. The molecule has 140 valence electrons. The molecule has 0 radical (unpaired) electrons. The van der Waals surface area contributed by atoms with Crippen LogP contribution in [0.5, 0.6) is 0 Å². The Hall–Kier alpha value is -1.53. The zero-order valence-corrected chi connectivity index (χ0v) is 15.3. The topological polar surface area (TPSA) is 59.2 Å². The van der Waals surface area contributed by atoms with Crippen molar-refractivity contribution >= 4 is 5.96 Å². The van der Waals surface area contributed by atoms with Crippen LogP contribution >= 0.6 is 0 Å². The largest absolute Gasteiger partial charge is 0.469 e. The summed E-state index contributed by atoms with van der Waals surface area (Å²) >= 11 is 0. The lowest BCUT2D eigenvalue weighted by molar-refractivity contribution is 0.0610. The fraction of sp³-hybridized carbons (Fsp3) is 0.737. The number of nitrogens with zero attached hydrogens (tertiary/aromatic N) is 2. The molecule has 0 aliphatic carbocycles. The van der Waals surface area contributed by atoms with Crippen molar-refractivity contribution in [3.05, 3.63) is 24.2 Å². The second-order valence-corrected chi connectivity index (χ2v) is 7.09. The lowest BCUT2D eigenvalue weighted by atomic mass is 10.00. The van der Waals surface area contributed by atoms with Crippen LogP contribution in [0.4, 0.5) is 0 Å². The highest BCUT2D eigenvalue weighted by Gasteiger charge is 2.19. The van der Waals surface area contributed by atoms with E-state index >= 15 is 0 Å². The van der Waals surface area contributed by atoms with Gasteiger partial charge in [0.2, 0.25) is 0 Å². The number of ether oxygens (including phenoxy) is 2. The number of aliphatic imine (C=N–C) groups is 1. The maximum atomic E-state index is 5.47. The van der Waals surface area contributed by atoms with E-state index in [2.05, 4.69) is 17.3 Å².